The van der Waals surface area contributed by atoms with E-state index < -0.39 is 34.7 Å². The first-order chi connectivity index (χ1) is 19.0. The lowest BCUT2D eigenvalue weighted by Gasteiger charge is -2.31. The van der Waals surface area contributed by atoms with Gasteiger partial charge in [-0.05, 0) is 26.0 Å². The number of ether oxygens (including phenoxy) is 1. The summed E-state index contributed by atoms with van der Waals surface area (Å²) >= 11 is 0. The van der Waals surface area contributed by atoms with Crippen molar-refractivity contribution in [3.63, 3.8) is 0 Å². The molecule has 0 amide bonds. The van der Waals surface area contributed by atoms with Gasteiger partial charge in [-0.2, -0.15) is 18.3 Å². The number of nitrogens with one attached hydrogen (secondary N) is 1. The molecule has 0 spiro atoms. The van der Waals surface area contributed by atoms with Crippen molar-refractivity contribution in [3.8, 4) is 11.3 Å². The van der Waals surface area contributed by atoms with E-state index in [4.69, 9.17) is 4.74 Å². The Morgan fingerprint density at radius 1 is 1.10 bits per heavy atom. The molecule has 0 unspecified atom stereocenters. The maximum Gasteiger partial charge on any atom is 0.419 e. The van der Waals surface area contributed by atoms with E-state index in [0.717, 1.165) is 10.7 Å². The molecule has 0 aliphatic carbocycles. The number of hydrogen-bond acceptors (Lipinski definition) is 8. The fourth-order valence-electron chi connectivity index (χ4n) is 4.72. The van der Waals surface area contributed by atoms with Crippen LogP contribution in [0, 0.1) is 12.7 Å². The predicted molar refractivity (Wildman–Crippen MR) is 139 cm³/mol. The van der Waals surface area contributed by atoms with Crippen molar-refractivity contribution in [1.29, 1.82) is 0 Å². The molecule has 1 aliphatic rings. The number of hydrogen-bond donors (Lipinski definition) is 1. The molecule has 10 nitrogen and oxygen atoms in total. The van der Waals surface area contributed by atoms with Crippen LogP contribution in [0.2, 0.25) is 0 Å². The fraction of sp³-hybridized carbons (Fsp3) is 0.346. The number of rotatable bonds is 5. The molecular weight excluding hydrogens is 534 g/mol. The summed E-state index contributed by atoms with van der Waals surface area (Å²) in [5.41, 5.74) is -2.49. The van der Waals surface area contributed by atoms with E-state index in [-0.39, 0.29) is 33.4 Å². The summed E-state index contributed by atoms with van der Waals surface area (Å²) in [5, 5.41) is 9.21. The first-order valence-electron chi connectivity index (χ1n) is 12.4. The number of alkyl halides is 3. The van der Waals surface area contributed by atoms with Crippen molar-refractivity contribution >= 4 is 16.6 Å². The Balaban J connectivity index is 1.75. The molecule has 1 saturated heterocycles. The number of halogens is 4. The molecule has 0 saturated carbocycles. The van der Waals surface area contributed by atoms with Crippen LogP contribution >= 0.6 is 0 Å². The van der Waals surface area contributed by atoms with Crippen LogP contribution in [0.3, 0.4) is 0 Å². The van der Waals surface area contributed by atoms with Crippen LogP contribution in [-0.4, -0.2) is 50.7 Å². The third-order valence-electron chi connectivity index (χ3n) is 6.68. The van der Waals surface area contributed by atoms with E-state index in [1.165, 1.54) is 43.2 Å². The number of aryl methyl sites for hydroxylation is 2. The third-order valence-corrected chi connectivity index (χ3v) is 6.68. The zero-order valence-electron chi connectivity index (χ0n) is 21.8. The average molecular weight is 560 g/mol. The molecule has 1 fully saturated rings. The first-order valence-corrected chi connectivity index (χ1v) is 12.4. The Kier molecular flexibility index (Phi) is 7.04. The van der Waals surface area contributed by atoms with Crippen LogP contribution < -0.4 is 21.4 Å². The predicted octanol–water partition coefficient (Wildman–Crippen LogP) is 3.16. The SMILES string of the molecule is Cc1nccc(-c2c(=O)n(N3CCOCC3)cc3c(N[C@H](C)c4cccc(C(F)(F)F)c4F)nn(C)c(=O)c23)n1. The largest absolute Gasteiger partial charge is 0.419 e. The highest BCUT2D eigenvalue weighted by atomic mass is 19.4. The molecule has 0 radical (unpaired) electrons. The van der Waals surface area contributed by atoms with Gasteiger partial charge >= 0.3 is 6.18 Å². The molecular formula is C26H25F4N7O3. The van der Waals surface area contributed by atoms with E-state index >= 15 is 0 Å². The minimum absolute atomic E-state index is 0.00400. The number of nitrogens with zero attached hydrogens (tertiary/aromatic N) is 6. The number of morpholine rings is 1. The summed E-state index contributed by atoms with van der Waals surface area (Å²) in [7, 11) is 1.38. The Hall–Kier alpha value is -4.33. The molecule has 4 heterocycles. The normalized spacial score (nSPS) is 14.9. The second-order valence-corrected chi connectivity index (χ2v) is 9.35. The molecule has 1 aromatic carbocycles. The zero-order chi connectivity index (χ0) is 28.8. The van der Waals surface area contributed by atoms with Crippen molar-refractivity contribution < 1.29 is 22.3 Å². The van der Waals surface area contributed by atoms with Gasteiger partial charge in [0.05, 0.1) is 59.9 Å². The van der Waals surface area contributed by atoms with Crippen LogP contribution in [0.1, 0.15) is 29.9 Å². The van der Waals surface area contributed by atoms with Crippen LogP contribution in [0.4, 0.5) is 23.4 Å². The lowest BCUT2D eigenvalue weighted by molar-refractivity contribution is -0.140. The van der Waals surface area contributed by atoms with Crippen molar-refractivity contribution in [2.24, 2.45) is 7.05 Å². The monoisotopic (exact) mass is 559 g/mol. The minimum atomic E-state index is -4.87. The molecule has 0 bridgehead atoms. The van der Waals surface area contributed by atoms with Gasteiger partial charge < -0.3 is 15.1 Å². The van der Waals surface area contributed by atoms with Gasteiger partial charge in [0.15, 0.2) is 5.82 Å². The molecule has 14 heteroatoms. The Morgan fingerprint density at radius 3 is 2.50 bits per heavy atom. The summed E-state index contributed by atoms with van der Waals surface area (Å²) in [6, 6.07) is 3.55. The highest BCUT2D eigenvalue weighted by molar-refractivity contribution is 5.99. The van der Waals surface area contributed by atoms with E-state index in [1.54, 1.807) is 11.9 Å². The van der Waals surface area contributed by atoms with Crippen molar-refractivity contribution in [3.05, 3.63) is 80.1 Å². The molecule has 1 atom stereocenters. The summed E-state index contributed by atoms with van der Waals surface area (Å²) in [4.78, 5) is 35.8. The quantitative estimate of drug-likeness (QED) is 0.372. The molecule has 5 rings (SSSR count). The van der Waals surface area contributed by atoms with E-state index in [9.17, 15) is 27.2 Å². The standard InChI is InChI=1S/C26H25F4N7O3/c1-14(16-5-4-6-18(22(16)27)26(28,29)30)32-23-17-13-37(36-9-11-40-12-10-36)25(39)21(19-7-8-31-15(2)33-19)20(17)24(38)35(3)34-23/h4-8,13-14H,9-12H2,1-3H3,(H,32,34)/t14-/m1/s1. The zero-order valence-corrected chi connectivity index (χ0v) is 21.8. The third kappa shape index (κ3) is 4.90. The van der Waals surface area contributed by atoms with Gasteiger partial charge in [-0.1, -0.05) is 12.1 Å². The number of aromatic nitrogens is 5. The van der Waals surface area contributed by atoms with Gasteiger partial charge in [0.1, 0.15) is 11.6 Å². The van der Waals surface area contributed by atoms with Crippen molar-refractivity contribution in [1.82, 2.24) is 24.4 Å². The Labute approximate surface area is 224 Å². The number of fused-ring (bicyclic) bond motifs is 1. The number of benzene rings is 1. The number of anilines is 1. The Bertz CT molecular complexity index is 1710. The summed E-state index contributed by atoms with van der Waals surface area (Å²) < 4.78 is 62.8. The molecule has 40 heavy (non-hydrogen) atoms. The van der Waals surface area contributed by atoms with Crippen LogP contribution in [0.25, 0.3) is 22.0 Å². The molecule has 1 aliphatic heterocycles. The molecule has 3 aromatic heterocycles. The lowest BCUT2D eigenvalue weighted by Crippen LogP contribution is -2.49. The van der Waals surface area contributed by atoms with Crippen molar-refractivity contribution in [2.75, 3.05) is 36.6 Å². The Morgan fingerprint density at radius 2 is 1.82 bits per heavy atom. The van der Waals surface area contributed by atoms with E-state index in [1.807, 2.05) is 0 Å². The fourth-order valence-corrected chi connectivity index (χ4v) is 4.72. The summed E-state index contributed by atoms with van der Waals surface area (Å²) in [6.07, 6.45) is -1.95. The summed E-state index contributed by atoms with van der Waals surface area (Å²) in [6.45, 7) is 4.65. The van der Waals surface area contributed by atoms with E-state index in [0.29, 0.717) is 38.2 Å². The molecule has 210 valence electrons. The maximum absolute atomic E-state index is 14.9. The van der Waals surface area contributed by atoms with Gasteiger partial charge in [-0.25, -0.2) is 23.7 Å². The average Bonchev–Trinajstić information content (AvgIpc) is 2.91. The summed E-state index contributed by atoms with van der Waals surface area (Å²) in [5.74, 6) is -0.966. The number of pyridine rings is 1. The molecule has 4 aromatic rings. The highest BCUT2D eigenvalue weighted by Gasteiger charge is 2.35. The minimum Gasteiger partial charge on any atom is -0.378 e. The van der Waals surface area contributed by atoms with Gasteiger partial charge in [0, 0.05) is 25.0 Å². The topological polar surface area (TPSA) is 107 Å². The van der Waals surface area contributed by atoms with Gasteiger partial charge in [-0.3, -0.25) is 9.59 Å². The first kappa shape index (κ1) is 27.2. The maximum atomic E-state index is 14.9. The smallest absolute Gasteiger partial charge is 0.378 e. The molecule has 1 N–H and O–H groups in total. The van der Waals surface area contributed by atoms with E-state index in [2.05, 4.69) is 20.4 Å². The van der Waals surface area contributed by atoms with Crippen molar-refractivity contribution in [2.45, 2.75) is 26.1 Å². The van der Waals surface area contributed by atoms with Gasteiger partial charge in [0.2, 0.25) is 0 Å². The lowest BCUT2D eigenvalue weighted by atomic mass is 10.0. The van der Waals surface area contributed by atoms with Crippen LogP contribution in [-0.2, 0) is 18.0 Å². The highest BCUT2D eigenvalue weighted by Crippen LogP contribution is 2.35. The van der Waals surface area contributed by atoms with Crippen LogP contribution in [0.15, 0.2) is 46.2 Å². The second-order valence-electron chi connectivity index (χ2n) is 9.35. The van der Waals surface area contributed by atoms with Gasteiger partial charge in [0.25, 0.3) is 11.1 Å². The second kappa shape index (κ2) is 10.3. The van der Waals surface area contributed by atoms with Crippen LogP contribution in [0.5, 0.6) is 0 Å². The van der Waals surface area contributed by atoms with Gasteiger partial charge in [-0.15, -0.1) is 0 Å².